The molecular formula is C18H23FN4S. The molecule has 1 heterocycles. The highest BCUT2D eigenvalue weighted by Gasteiger charge is 2.45. The van der Waals surface area contributed by atoms with Gasteiger partial charge in [0.2, 0.25) is 0 Å². The van der Waals surface area contributed by atoms with E-state index in [2.05, 4.69) is 20.6 Å². The third kappa shape index (κ3) is 3.93. The summed E-state index contributed by atoms with van der Waals surface area (Å²) >= 11 is 1.66. The van der Waals surface area contributed by atoms with Gasteiger partial charge in [0, 0.05) is 29.6 Å². The number of nitrogens with zero attached hydrogens (tertiary/aromatic N) is 2. The fourth-order valence-electron chi connectivity index (χ4n) is 2.80. The number of thiazole rings is 1. The zero-order valence-electron chi connectivity index (χ0n) is 14.1. The minimum atomic E-state index is -0.114. The quantitative estimate of drug-likeness (QED) is 0.623. The molecule has 1 aromatic heterocycles. The number of benzene rings is 1. The Morgan fingerprint density at radius 3 is 2.75 bits per heavy atom. The molecule has 0 saturated heterocycles. The second kappa shape index (κ2) is 7.30. The minimum Gasteiger partial charge on any atom is -0.357 e. The van der Waals surface area contributed by atoms with Gasteiger partial charge in [-0.1, -0.05) is 18.2 Å². The van der Waals surface area contributed by atoms with Crippen LogP contribution in [-0.2, 0) is 12.0 Å². The van der Waals surface area contributed by atoms with Crippen molar-refractivity contribution in [2.24, 2.45) is 4.99 Å². The van der Waals surface area contributed by atoms with E-state index >= 15 is 0 Å². The normalized spacial score (nSPS) is 16.0. The molecular weight excluding hydrogens is 323 g/mol. The number of halogens is 1. The SMILES string of the molecule is CCNC(=NCc1ncc(C)s1)NCC1(c2ccccc2F)CC1. The lowest BCUT2D eigenvalue weighted by molar-refractivity contribution is 0.559. The van der Waals surface area contributed by atoms with Crippen molar-refractivity contribution in [1.82, 2.24) is 15.6 Å². The predicted octanol–water partition coefficient (Wildman–Crippen LogP) is 3.38. The van der Waals surface area contributed by atoms with E-state index in [0.29, 0.717) is 13.1 Å². The molecule has 6 heteroatoms. The van der Waals surface area contributed by atoms with Gasteiger partial charge in [-0.25, -0.2) is 14.4 Å². The second-order valence-electron chi connectivity index (χ2n) is 6.17. The summed E-state index contributed by atoms with van der Waals surface area (Å²) in [5.74, 6) is 0.643. The van der Waals surface area contributed by atoms with Crippen LogP contribution in [-0.4, -0.2) is 24.0 Å². The lowest BCUT2D eigenvalue weighted by atomic mass is 9.95. The monoisotopic (exact) mass is 346 g/mol. The number of aliphatic imine (C=N–C) groups is 1. The van der Waals surface area contributed by atoms with Gasteiger partial charge in [-0.2, -0.15) is 0 Å². The third-order valence-electron chi connectivity index (χ3n) is 4.28. The topological polar surface area (TPSA) is 49.3 Å². The summed E-state index contributed by atoms with van der Waals surface area (Å²) in [6.07, 6.45) is 3.88. The number of guanidine groups is 1. The minimum absolute atomic E-state index is 0.0979. The largest absolute Gasteiger partial charge is 0.357 e. The van der Waals surface area contributed by atoms with E-state index in [0.717, 1.165) is 35.9 Å². The highest BCUT2D eigenvalue weighted by Crippen LogP contribution is 2.48. The van der Waals surface area contributed by atoms with Gasteiger partial charge in [0.05, 0.1) is 6.54 Å². The number of aryl methyl sites for hydroxylation is 1. The molecule has 4 nitrogen and oxygen atoms in total. The molecule has 0 atom stereocenters. The molecule has 1 aliphatic rings. The van der Waals surface area contributed by atoms with Crippen LogP contribution in [0.4, 0.5) is 4.39 Å². The number of aromatic nitrogens is 1. The Labute approximate surface area is 146 Å². The molecule has 1 fully saturated rings. The predicted molar refractivity (Wildman–Crippen MR) is 97.0 cm³/mol. The molecule has 2 aromatic rings. The van der Waals surface area contributed by atoms with Gasteiger partial charge < -0.3 is 10.6 Å². The number of hydrogen-bond acceptors (Lipinski definition) is 3. The van der Waals surface area contributed by atoms with Crippen molar-refractivity contribution < 1.29 is 4.39 Å². The second-order valence-corrected chi connectivity index (χ2v) is 7.49. The molecule has 3 rings (SSSR count). The molecule has 1 aliphatic carbocycles. The highest BCUT2D eigenvalue weighted by atomic mass is 32.1. The lowest BCUT2D eigenvalue weighted by Gasteiger charge is -2.19. The first kappa shape index (κ1) is 16.9. The highest BCUT2D eigenvalue weighted by molar-refractivity contribution is 7.11. The average molecular weight is 346 g/mol. The molecule has 0 unspecified atom stereocenters. The van der Waals surface area contributed by atoms with E-state index < -0.39 is 0 Å². The van der Waals surface area contributed by atoms with Crippen LogP contribution in [0.1, 0.15) is 35.2 Å². The fraction of sp³-hybridized carbons (Fsp3) is 0.444. The molecule has 2 N–H and O–H groups in total. The molecule has 1 saturated carbocycles. The van der Waals surface area contributed by atoms with Gasteiger partial charge in [-0.15, -0.1) is 11.3 Å². The van der Waals surface area contributed by atoms with Crippen molar-refractivity contribution in [2.75, 3.05) is 13.1 Å². The Bertz CT molecular complexity index is 721. The maximum absolute atomic E-state index is 14.1. The van der Waals surface area contributed by atoms with E-state index in [-0.39, 0.29) is 11.2 Å². The molecule has 0 radical (unpaired) electrons. The Kier molecular flexibility index (Phi) is 5.14. The van der Waals surface area contributed by atoms with E-state index in [9.17, 15) is 4.39 Å². The molecule has 0 amide bonds. The maximum atomic E-state index is 14.1. The van der Waals surface area contributed by atoms with Gasteiger partial charge in [0.25, 0.3) is 0 Å². The smallest absolute Gasteiger partial charge is 0.191 e. The van der Waals surface area contributed by atoms with Gasteiger partial charge in [-0.05, 0) is 38.3 Å². The van der Waals surface area contributed by atoms with Crippen LogP contribution in [0.25, 0.3) is 0 Å². The third-order valence-corrected chi connectivity index (χ3v) is 5.18. The van der Waals surface area contributed by atoms with Gasteiger partial charge >= 0.3 is 0 Å². The van der Waals surface area contributed by atoms with E-state index in [1.807, 2.05) is 32.2 Å². The summed E-state index contributed by atoms with van der Waals surface area (Å²) in [5.41, 5.74) is 0.711. The summed E-state index contributed by atoms with van der Waals surface area (Å²) in [7, 11) is 0. The van der Waals surface area contributed by atoms with Crippen molar-refractivity contribution in [3.05, 3.63) is 51.7 Å². The van der Waals surface area contributed by atoms with Crippen molar-refractivity contribution in [3.63, 3.8) is 0 Å². The van der Waals surface area contributed by atoms with Crippen LogP contribution < -0.4 is 10.6 Å². The Morgan fingerprint density at radius 1 is 1.33 bits per heavy atom. The number of nitrogens with one attached hydrogen (secondary N) is 2. The van der Waals surface area contributed by atoms with Crippen LogP contribution in [0.3, 0.4) is 0 Å². The molecule has 128 valence electrons. The maximum Gasteiger partial charge on any atom is 0.191 e. The molecule has 0 bridgehead atoms. The van der Waals surface area contributed by atoms with Crippen LogP contribution in [0, 0.1) is 12.7 Å². The lowest BCUT2D eigenvalue weighted by Crippen LogP contribution is -2.41. The first-order chi connectivity index (χ1) is 11.6. The summed E-state index contributed by atoms with van der Waals surface area (Å²) in [6, 6.07) is 7.08. The van der Waals surface area contributed by atoms with Gasteiger partial charge in [0.1, 0.15) is 10.8 Å². The summed E-state index contributed by atoms with van der Waals surface area (Å²) in [5, 5.41) is 7.62. The average Bonchev–Trinajstić information content (AvgIpc) is 3.25. The number of hydrogen-bond donors (Lipinski definition) is 2. The van der Waals surface area contributed by atoms with Crippen LogP contribution in [0.15, 0.2) is 35.5 Å². The fourth-order valence-corrected chi connectivity index (χ4v) is 3.51. The van der Waals surface area contributed by atoms with Crippen LogP contribution in [0.5, 0.6) is 0 Å². The molecule has 0 aliphatic heterocycles. The molecule has 0 spiro atoms. The first-order valence-corrected chi connectivity index (χ1v) is 9.13. The van der Waals surface area contributed by atoms with Crippen molar-refractivity contribution in [1.29, 1.82) is 0 Å². The summed E-state index contributed by atoms with van der Waals surface area (Å²) in [4.78, 5) is 10.1. The van der Waals surface area contributed by atoms with E-state index in [1.54, 1.807) is 23.5 Å². The zero-order valence-corrected chi connectivity index (χ0v) is 14.9. The Morgan fingerprint density at radius 2 is 2.12 bits per heavy atom. The first-order valence-electron chi connectivity index (χ1n) is 8.31. The Balaban J connectivity index is 1.65. The summed E-state index contributed by atoms with van der Waals surface area (Å²) < 4.78 is 14.1. The van der Waals surface area contributed by atoms with Crippen molar-refractivity contribution >= 4 is 17.3 Å². The Hall–Kier alpha value is -1.95. The standard InChI is InChI=1S/C18H23FN4S/c1-3-20-17(22-11-16-21-10-13(2)24-16)23-12-18(8-9-18)14-6-4-5-7-15(14)19/h4-7,10H,3,8-9,11-12H2,1-2H3,(H2,20,22,23). The summed E-state index contributed by atoms with van der Waals surface area (Å²) in [6.45, 7) is 6.11. The van der Waals surface area contributed by atoms with Crippen molar-refractivity contribution in [2.45, 2.75) is 38.6 Å². The zero-order chi connectivity index (χ0) is 17.0. The van der Waals surface area contributed by atoms with Gasteiger partial charge in [-0.3, -0.25) is 0 Å². The molecule has 1 aromatic carbocycles. The van der Waals surface area contributed by atoms with E-state index in [1.165, 1.54) is 4.88 Å². The van der Waals surface area contributed by atoms with Crippen LogP contribution >= 0.6 is 11.3 Å². The van der Waals surface area contributed by atoms with E-state index in [4.69, 9.17) is 0 Å². The van der Waals surface area contributed by atoms with Crippen LogP contribution in [0.2, 0.25) is 0 Å². The number of rotatable bonds is 6. The van der Waals surface area contributed by atoms with Crippen molar-refractivity contribution in [3.8, 4) is 0 Å². The van der Waals surface area contributed by atoms with Gasteiger partial charge in [0.15, 0.2) is 5.96 Å². The molecule has 24 heavy (non-hydrogen) atoms.